The van der Waals surface area contributed by atoms with Gasteiger partial charge in [0.25, 0.3) is 5.91 Å². The Morgan fingerprint density at radius 3 is 2.48 bits per heavy atom. The number of ether oxygens (including phenoxy) is 1. The van der Waals surface area contributed by atoms with Gasteiger partial charge in [0.1, 0.15) is 11.8 Å². The van der Waals surface area contributed by atoms with E-state index in [0.717, 1.165) is 5.56 Å². The molecule has 3 aromatic rings. The Labute approximate surface area is 149 Å². The SMILES string of the molecule is COc1ccc(C(=O)N[C@@H](C)c2nc(-c3ccc(Cl)cc3)no2)cc1. The van der Waals surface area contributed by atoms with E-state index < -0.39 is 6.04 Å². The van der Waals surface area contributed by atoms with Crippen LogP contribution in [0, 0.1) is 0 Å². The van der Waals surface area contributed by atoms with E-state index in [-0.39, 0.29) is 5.91 Å². The smallest absolute Gasteiger partial charge is 0.251 e. The normalized spacial score (nSPS) is 11.8. The van der Waals surface area contributed by atoms with Crippen LogP contribution in [0.2, 0.25) is 5.02 Å². The van der Waals surface area contributed by atoms with Crippen LogP contribution in [0.1, 0.15) is 29.2 Å². The van der Waals surface area contributed by atoms with E-state index in [0.29, 0.717) is 28.1 Å². The van der Waals surface area contributed by atoms with Crippen LogP contribution in [-0.4, -0.2) is 23.2 Å². The minimum Gasteiger partial charge on any atom is -0.497 e. The van der Waals surface area contributed by atoms with Gasteiger partial charge in [0.05, 0.1) is 7.11 Å². The van der Waals surface area contributed by atoms with Crippen LogP contribution in [0.4, 0.5) is 0 Å². The summed E-state index contributed by atoms with van der Waals surface area (Å²) in [6.07, 6.45) is 0. The highest BCUT2D eigenvalue weighted by atomic mass is 35.5. The van der Waals surface area contributed by atoms with Crippen molar-refractivity contribution in [1.29, 1.82) is 0 Å². The lowest BCUT2D eigenvalue weighted by atomic mass is 10.2. The summed E-state index contributed by atoms with van der Waals surface area (Å²) in [7, 11) is 1.57. The second-order valence-electron chi connectivity index (χ2n) is 5.39. The Balaban J connectivity index is 1.69. The third kappa shape index (κ3) is 3.97. The molecule has 0 aliphatic carbocycles. The van der Waals surface area contributed by atoms with Gasteiger partial charge in [-0.1, -0.05) is 16.8 Å². The summed E-state index contributed by atoms with van der Waals surface area (Å²) in [6.45, 7) is 1.78. The third-order valence-electron chi connectivity index (χ3n) is 3.61. The first-order chi connectivity index (χ1) is 12.1. The van der Waals surface area contributed by atoms with E-state index in [1.165, 1.54) is 0 Å². The maximum absolute atomic E-state index is 12.3. The lowest BCUT2D eigenvalue weighted by Crippen LogP contribution is -2.26. The van der Waals surface area contributed by atoms with E-state index in [1.807, 2.05) is 0 Å². The molecule has 0 bridgehead atoms. The molecule has 0 saturated heterocycles. The predicted octanol–water partition coefficient (Wildman–Crippen LogP) is 3.89. The van der Waals surface area contributed by atoms with Crippen LogP contribution < -0.4 is 10.1 Å². The molecule has 2 aromatic carbocycles. The Morgan fingerprint density at radius 1 is 1.16 bits per heavy atom. The van der Waals surface area contributed by atoms with Crippen molar-refractivity contribution in [3.8, 4) is 17.1 Å². The van der Waals surface area contributed by atoms with Crippen molar-refractivity contribution in [2.75, 3.05) is 7.11 Å². The number of hydrogen-bond donors (Lipinski definition) is 1. The number of nitrogens with one attached hydrogen (secondary N) is 1. The van der Waals surface area contributed by atoms with Gasteiger partial charge in [-0.15, -0.1) is 0 Å². The molecule has 25 heavy (non-hydrogen) atoms. The van der Waals surface area contributed by atoms with Crippen molar-refractivity contribution < 1.29 is 14.1 Å². The van der Waals surface area contributed by atoms with Crippen LogP contribution in [0.5, 0.6) is 5.75 Å². The Kier molecular flexibility index (Phi) is 5.00. The number of hydrogen-bond acceptors (Lipinski definition) is 5. The number of methoxy groups -OCH3 is 1. The molecule has 1 amide bonds. The number of amides is 1. The molecule has 1 atom stereocenters. The summed E-state index contributed by atoms with van der Waals surface area (Å²) in [4.78, 5) is 16.6. The highest BCUT2D eigenvalue weighted by molar-refractivity contribution is 6.30. The van der Waals surface area contributed by atoms with Crippen LogP contribution in [0.3, 0.4) is 0 Å². The van der Waals surface area contributed by atoms with Gasteiger partial charge in [-0.2, -0.15) is 4.98 Å². The summed E-state index contributed by atoms with van der Waals surface area (Å²) >= 11 is 5.87. The standard InChI is InChI=1S/C18H16ClN3O3/c1-11(20-17(23)13-5-9-15(24-2)10-6-13)18-21-16(22-25-18)12-3-7-14(19)8-4-12/h3-11H,1-2H3,(H,20,23)/t11-/m0/s1. The number of nitrogens with zero attached hydrogens (tertiary/aromatic N) is 2. The van der Waals surface area contributed by atoms with Crippen molar-refractivity contribution in [1.82, 2.24) is 15.5 Å². The highest BCUT2D eigenvalue weighted by Crippen LogP contribution is 2.21. The third-order valence-corrected chi connectivity index (χ3v) is 3.87. The summed E-state index contributed by atoms with van der Waals surface area (Å²) in [5, 5.41) is 7.40. The first-order valence-corrected chi connectivity index (χ1v) is 7.99. The summed E-state index contributed by atoms with van der Waals surface area (Å²) in [6, 6.07) is 13.5. The van der Waals surface area contributed by atoms with Gasteiger partial charge >= 0.3 is 0 Å². The fourth-order valence-electron chi connectivity index (χ4n) is 2.21. The second kappa shape index (κ2) is 7.36. The highest BCUT2D eigenvalue weighted by Gasteiger charge is 2.18. The van der Waals surface area contributed by atoms with Crippen LogP contribution in [0.25, 0.3) is 11.4 Å². The lowest BCUT2D eigenvalue weighted by molar-refractivity contribution is 0.0932. The summed E-state index contributed by atoms with van der Waals surface area (Å²) in [5.74, 6) is 1.22. The van der Waals surface area contributed by atoms with Gasteiger partial charge in [0.15, 0.2) is 0 Å². The van der Waals surface area contributed by atoms with Gasteiger partial charge in [0.2, 0.25) is 11.7 Å². The lowest BCUT2D eigenvalue weighted by Gasteiger charge is -2.10. The molecule has 3 rings (SSSR count). The molecule has 6 nitrogen and oxygen atoms in total. The molecule has 0 fully saturated rings. The quantitative estimate of drug-likeness (QED) is 0.749. The molecule has 128 valence electrons. The second-order valence-corrected chi connectivity index (χ2v) is 5.82. The number of benzene rings is 2. The van der Waals surface area contributed by atoms with Gasteiger partial charge in [0, 0.05) is 16.1 Å². The summed E-state index contributed by atoms with van der Waals surface area (Å²) in [5.41, 5.74) is 1.30. The van der Waals surface area contributed by atoms with Crippen LogP contribution in [0.15, 0.2) is 53.1 Å². The van der Waals surface area contributed by atoms with Crippen molar-refractivity contribution in [3.63, 3.8) is 0 Å². The molecule has 1 aromatic heterocycles. The minimum absolute atomic E-state index is 0.235. The van der Waals surface area contributed by atoms with Gasteiger partial charge in [-0.25, -0.2) is 0 Å². The molecule has 0 aliphatic rings. The molecule has 7 heteroatoms. The van der Waals surface area contributed by atoms with E-state index in [2.05, 4.69) is 15.5 Å². The minimum atomic E-state index is -0.428. The fourth-order valence-corrected chi connectivity index (χ4v) is 2.34. The number of carbonyl (C=O) groups excluding carboxylic acids is 1. The average Bonchev–Trinajstić information content (AvgIpc) is 3.12. The van der Waals surface area contributed by atoms with E-state index in [1.54, 1.807) is 62.6 Å². The molecular formula is C18H16ClN3O3. The number of halogens is 1. The topological polar surface area (TPSA) is 77.2 Å². The largest absolute Gasteiger partial charge is 0.497 e. The van der Waals surface area contributed by atoms with Crippen molar-refractivity contribution in [2.24, 2.45) is 0 Å². The molecule has 1 heterocycles. The molecule has 0 aliphatic heterocycles. The molecular weight excluding hydrogens is 342 g/mol. The molecule has 0 saturated carbocycles. The number of carbonyl (C=O) groups is 1. The maximum Gasteiger partial charge on any atom is 0.251 e. The zero-order chi connectivity index (χ0) is 17.8. The van der Waals surface area contributed by atoms with Crippen molar-refractivity contribution in [3.05, 3.63) is 65.0 Å². The molecule has 0 radical (unpaired) electrons. The van der Waals surface area contributed by atoms with Crippen LogP contribution >= 0.6 is 11.6 Å². The van der Waals surface area contributed by atoms with Crippen molar-refractivity contribution >= 4 is 17.5 Å². The fraction of sp³-hybridized carbons (Fsp3) is 0.167. The Bertz CT molecular complexity index is 860. The predicted molar refractivity (Wildman–Crippen MR) is 93.6 cm³/mol. The van der Waals surface area contributed by atoms with E-state index in [9.17, 15) is 4.79 Å². The molecule has 0 spiro atoms. The zero-order valence-electron chi connectivity index (χ0n) is 13.7. The summed E-state index contributed by atoms with van der Waals surface area (Å²) < 4.78 is 10.3. The van der Waals surface area contributed by atoms with Gasteiger partial charge < -0.3 is 14.6 Å². The first kappa shape index (κ1) is 17.0. The number of aromatic nitrogens is 2. The van der Waals surface area contributed by atoms with Gasteiger partial charge in [-0.3, -0.25) is 4.79 Å². The van der Waals surface area contributed by atoms with E-state index in [4.69, 9.17) is 20.9 Å². The van der Waals surface area contributed by atoms with Crippen molar-refractivity contribution in [2.45, 2.75) is 13.0 Å². The van der Waals surface area contributed by atoms with Crippen LogP contribution in [-0.2, 0) is 0 Å². The maximum atomic E-state index is 12.3. The Hall–Kier alpha value is -2.86. The monoisotopic (exact) mass is 357 g/mol. The van der Waals surface area contributed by atoms with Gasteiger partial charge in [-0.05, 0) is 55.5 Å². The zero-order valence-corrected chi connectivity index (χ0v) is 14.4. The Morgan fingerprint density at radius 2 is 1.84 bits per heavy atom. The first-order valence-electron chi connectivity index (χ1n) is 7.61. The molecule has 0 unspecified atom stereocenters. The molecule has 1 N–H and O–H groups in total. The number of rotatable bonds is 5. The average molecular weight is 358 g/mol. The van der Waals surface area contributed by atoms with E-state index >= 15 is 0 Å².